The number of hydrogen-bond donors (Lipinski definition) is 1. The van der Waals surface area contributed by atoms with E-state index >= 15 is 0 Å². The molecule has 2 rings (SSSR count). The summed E-state index contributed by atoms with van der Waals surface area (Å²) in [6, 6.07) is 17.1. The first-order chi connectivity index (χ1) is 8.18. The molecule has 2 unspecified atom stereocenters. The van der Waals surface area contributed by atoms with Gasteiger partial charge in [-0.3, -0.25) is 0 Å². The summed E-state index contributed by atoms with van der Waals surface area (Å²) < 4.78 is 8.06. The standard InChI is InChI=1S/C15H16O/c1-12-7-9-14(10-8-12)15(16)11-13-5-3-2-4-6-13/h2-10,15-16H,11H2,1H3/i11D. The lowest BCUT2D eigenvalue weighted by Gasteiger charge is -2.11. The molecule has 1 N–H and O–H groups in total. The summed E-state index contributed by atoms with van der Waals surface area (Å²) in [4.78, 5) is 0. The van der Waals surface area contributed by atoms with Crippen molar-refractivity contribution >= 4 is 0 Å². The van der Waals surface area contributed by atoms with E-state index in [0.29, 0.717) is 0 Å². The van der Waals surface area contributed by atoms with E-state index in [0.717, 1.165) is 16.7 Å². The molecule has 2 atom stereocenters. The molecule has 82 valence electrons. The van der Waals surface area contributed by atoms with Crippen molar-refractivity contribution in [2.75, 3.05) is 0 Å². The Hall–Kier alpha value is -1.60. The van der Waals surface area contributed by atoms with Crippen LogP contribution in [0.15, 0.2) is 54.6 Å². The minimum atomic E-state index is -0.780. The molecule has 0 aliphatic carbocycles. The Bertz CT molecular complexity index is 464. The third-order valence-electron chi connectivity index (χ3n) is 2.57. The number of aryl methyl sites for hydroxylation is 1. The van der Waals surface area contributed by atoms with Gasteiger partial charge in [0.15, 0.2) is 0 Å². The summed E-state index contributed by atoms with van der Waals surface area (Å²) in [5.41, 5.74) is 2.78. The van der Waals surface area contributed by atoms with E-state index < -0.39 is 12.5 Å². The zero-order valence-corrected chi connectivity index (χ0v) is 9.30. The summed E-state index contributed by atoms with van der Waals surface area (Å²) in [5.74, 6) is 0. The number of aliphatic hydroxyl groups is 1. The predicted octanol–water partition coefficient (Wildman–Crippen LogP) is 3.27. The second kappa shape index (κ2) is 4.95. The molecule has 0 amide bonds. The van der Waals surface area contributed by atoms with Crippen molar-refractivity contribution in [2.45, 2.75) is 19.4 Å². The van der Waals surface area contributed by atoms with Crippen molar-refractivity contribution in [1.29, 1.82) is 0 Å². The first-order valence-corrected chi connectivity index (χ1v) is 5.40. The van der Waals surface area contributed by atoms with Gasteiger partial charge in [0.1, 0.15) is 0 Å². The van der Waals surface area contributed by atoms with E-state index in [-0.39, 0.29) is 0 Å². The maximum absolute atomic E-state index is 10.1. The Labute approximate surface area is 97.8 Å². The van der Waals surface area contributed by atoms with Crippen molar-refractivity contribution < 1.29 is 6.48 Å². The topological polar surface area (TPSA) is 20.2 Å². The lowest BCUT2D eigenvalue weighted by molar-refractivity contribution is 0.178. The average Bonchev–Trinajstić information content (AvgIpc) is 2.39. The average molecular weight is 213 g/mol. The number of hydrogen-bond acceptors (Lipinski definition) is 1. The predicted molar refractivity (Wildman–Crippen MR) is 66.3 cm³/mol. The maximum Gasteiger partial charge on any atom is 0.0830 e. The minimum Gasteiger partial charge on any atom is -0.388 e. The van der Waals surface area contributed by atoms with Crippen LogP contribution in [0.3, 0.4) is 0 Å². The van der Waals surface area contributed by atoms with Crippen molar-refractivity contribution in [3.8, 4) is 0 Å². The summed E-state index contributed by atoms with van der Waals surface area (Å²) in [7, 11) is 0. The van der Waals surface area contributed by atoms with Gasteiger partial charge in [0.2, 0.25) is 0 Å². The molecule has 0 spiro atoms. The Morgan fingerprint density at radius 2 is 1.69 bits per heavy atom. The molecule has 0 aliphatic rings. The van der Waals surface area contributed by atoms with Crippen LogP contribution >= 0.6 is 0 Å². The number of rotatable bonds is 3. The molecule has 0 aliphatic heterocycles. The van der Waals surface area contributed by atoms with E-state index in [1.807, 2.05) is 61.5 Å². The first-order valence-electron chi connectivity index (χ1n) is 5.98. The largest absolute Gasteiger partial charge is 0.388 e. The SMILES string of the molecule is [2H]C(c1ccccc1)C(O)c1ccc(C)cc1. The van der Waals surface area contributed by atoms with Crippen molar-refractivity contribution in [1.82, 2.24) is 0 Å². The van der Waals surface area contributed by atoms with Gasteiger partial charge in [-0.05, 0) is 18.1 Å². The normalized spacial score (nSPS) is 15.2. The zero-order chi connectivity index (χ0) is 12.3. The van der Waals surface area contributed by atoms with Crippen LogP contribution in [0.1, 0.15) is 24.2 Å². The highest BCUT2D eigenvalue weighted by atomic mass is 16.3. The maximum atomic E-state index is 10.1. The Morgan fingerprint density at radius 1 is 1.06 bits per heavy atom. The number of aliphatic hydroxyl groups excluding tert-OH is 1. The van der Waals surface area contributed by atoms with Gasteiger partial charge in [0.05, 0.1) is 6.10 Å². The van der Waals surface area contributed by atoms with Crippen LogP contribution in [0.4, 0.5) is 0 Å². The molecule has 0 saturated carbocycles. The second-order valence-corrected chi connectivity index (χ2v) is 3.93. The van der Waals surface area contributed by atoms with Gasteiger partial charge >= 0.3 is 0 Å². The lowest BCUT2D eigenvalue weighted by atomic mass is 10.0. The summed E-state index contributed by atoms with van der Waals surface area (Å²) in [5, 5.41) is 10.1. The molecule has 0 fully saturated rings. The molecular formula is C15H16O. The van der Waals surface area contributed by atoms with Crippen LogP contribution in [-0.2, 0) is 6.40 Å². The van der Waals surface area contributed by atoms with Crippen LogP contribution < -0.4 is 0 Å². The molecule has 0 saturated heterocycles. The highest BCUT2D eigenvalue weighted by molar-refractivity contribution is 5.25. The van der Waals surface area contributed by atoms with E-state index in [1.54, 1.807) is 0 Å². The van der Waals surface area contributed by atoms with Crippen LogP contribution in [0.2, 0.25) is 0 Å². The molecule has 1 heteroatoms. The van der Waals surface area contributed by atoms with Gasteiger partial charge in [0.25, 0.3) is 0 Å². The van der Waals surface area contributed by atoms with E-state index in [2.05, 4.69) is 0 Å². The monoisotopic (exact) mass is 213 g/mol. The lowest BCUT2D eigenvalue weighted by Crippen LogP contribution is -2.01. The fraction of sp³-hybridized carbons (Fsp3) is 0.200. The van der Waals surface area contributed by atoms with E-state index in [4.69, 9.17) is 1.37 Å². The molecule has 0 bridgehead atoms. The van der Waals surface area contributed by atoms with Crippen LogP contribution in [0.25, 0.3) is 0 Å². The third kappa shape index (κ3) is 2.71. The third-order valence-corrected chi connectivity index (χ3v) is 2.57. The van der Waals surface area contributed by atoms with Crippen molar-refractivity contribution in [3.63, 3.8) is 0 Å². The first kappa shape index (κ1) is 9.61. The van der Waals surface area contributed by atoms with Crippen LogP contribution in [0, 0.1) is 6.92 Å². The van der Waals surface area contributed by atoms with Gasteiger partial charge in [-0.15, -0.1) is 0 Å². The number of benzene rings is 2. The van der Waals surface area contributed by atoms with E-state index in [9.17, 15) is 5.11 Å². The Kier molecular flexibility index (Phi) is 2.97. The minimum absolute atomic E-state index is 0.640. The summed E-state index contributed by atoms with van der Waals surface area (Å²) in [6.07, 6.45) is -1.42. The fourth-order valence-electron chi connectivity index (χ4n) is 1.61. The molecule has 0 radical (unpaired) electrons. The van der Waals surface area contributed by atoms with Crippen LogP contribution in [0.5, 0.6) is 0 Å². The van der Waals surface area contributed by atoms with Gasteiger partial charge in [-0.2, -0.15) is 0 Å². The van der Waals surface area contributed by atoms with Gasteiger partial charge in [-0.25, -0.2) is 0 Å². The molecule has 0 aromatic heterocycles. The smallest absolute Gasteiger partial charge is 0.0830 e. The molecule has 16 heavy (non-hydrogen) atoms. The summed E-state index contributed by atoms with van der Waals surface area (Å²) in [6.45, 7) is 2.01. The molecular weight excluding hydrogens is 196 g/mol. The molecule has 1 nitrogen and oxygen atoms in total. The highest BCUT2D eigenvalue weighted by Gasteiger charge is 2.07. The highest BCUT2D eigenvalue weighted by Crippen LogP contribution is 2.18. The molecule has 2 aromatic carbocycles. The van der Waals surface area contributed by atoms with Crippen molar-refractivity contribution in [3.05, 3.63) is 71.3 Å². The Morgan fingerprint density at radius 3 is 2.31 bits per heavy atom. The van der Waals surface area contributed by atoms with Gasteiger partial charge in [0, 0.05) is 7.77 Å². The van der Waals surface area contributed by atoms with Crippen molar-refractivity contribution in [2.24, 2.45) is 0 Å². The quantitative estimate of drug-likeness (QED) is 0.829. The molecule has 0 heterocycles. The van der Waals surface area contributed by atoms with Gasteiger partial charge < -0.3 is 5.11 Å². The van der Waals surface area contributed by atoms with Gasteiger partial charge in [-0.1, -0.05) is 60.2 Å². The Balaban J connectivity index is 2.20. The van der Waals surface area contributed by atoms with E-state index in [1.165, 1.54) is 0 Å². The molecule has 2 aromatic rings. The van der Waals surface area contributed by atoms with Crippen LogP contribution in [-0.4, -0.2) is 5.11 Å². The zero-order valence-electron chi connectivity index (χ0n) is 10.3. The summed E-state index contributed by atoms with van der Waals surface area (Å²) >= 11 is 0. The second-order valence-electron chi connectivity index (χ2n) is 3.93. The fourth-order valence-corrected chi connectivity index (χ4v) is 1.61.